The van der Waals surface area contributed by atoms with Crippen LogP contribution in [-0.4, -0.2) is 35.4 Å². The van der Waals surface area contributed by atoms with Crippen molar-refractivity contribution in [3.05, 3.63) is 54.2 Å². The van der Waals surface area contributed by atoms with Gasteiger partial charge in [-0.1, -0.05) is 43.2 Å². The third-order valence-electron chi connectivity index (χ3n) is 5.85. The molecule has 1 saturated carbocycles. The predicted octanol–water partition coefficient (Wildman–Crippen LogP) is 2.96. The van der Waals surface area contributed by atoms with E-state index in [9.17, 15) is 9.59 Å². The summed E-state index contributed by atoms with van der Waals surface area (Å²) in [5, 5.41) is 2.66. The lowest BCUT2D eigenvalue weighted by atomic mass is 9.61. The third-order valence-corrected chi connectivity index (χ3v) is 5.85. The lowest BCUT2D eigenvalue weighted by molar-refractivity contribution is -0.170. The van der Waals surface area contributed by atoms with Crippen molar-refractivity contribution in [3.63, 3.8) is 0 Å². The molecule has 2 aliphatic rings. The number of fused-ring (bicyclic) bond motifs is 1. The number of aromatic nitrogens is 1. The quantitative estimate of drug-likeness (QED) is 0.849. The van der Waals surface area contributed by atoms with Gasteiger partial charge in [-0.05, 0) is 30.5 Å². The molecule has 1 saturated heterocycles. The van der Waals surface area contributed by atoms with Crippen molar-refractivity contribution in [2.24, 2.45) is 5.92 Å². The highest BCUT2D eigenvalue weighted by Crippen LogP contribution is 2.53. The number of ether oxygens (including phenoxy) is 1. The van der Waals surface area contributed by atoms with Crippen LogP contribution < -0.4 is 10.1 Å². The lowest BCUT2D eigenvalue weighted by Crippen LogP contribution is -2.69. The summed E-state index contributed by atoms with van der Waals surface area (Å²) in [6, 6.07) is 13.5. The molecule has 6 heteroatoms. The number of nitrogens with one attached hydrogen (secondary N) is 1. The molecule has 4 rings (SSSR count). The molecule has 0 spiro atoms. The lowest BCUT2D eigenvalue weighted by Gasteiger charge is -2.61. The van der Waals surface area contributed by atoms with Crippen molar-refractivity contribution in [2.45, 2.75) is 31.2 Å². The molecule has 2 heterocycles. The van der Waals surface area contributed by atoms with Gasteiger partial charge in [0.15, 0.2) is 0 Å². The van der Waals surface area contributed by atoms with Gasteiger partial charge >= 0.3 is 11.8 Å². The first kappa shape index (κ1) is 17.5. The predicted molar refractivity (Wildman–Crippen MR) is 101 cm³/mol. The Balaban J connectivity index is 1.58. The highest BCUT2D eigenvalue weighted by Gasteiger charge is 2.57. The van der Waals surface area contributed by atoms with E-state index in [2.05, 4.69) is 22.4 Å². The van der Waals surface area contributed by atoms with Gasteiger partial charge < -0.3 is 15.0 Å². The molecule has 1 aliphatic heterocycles. The van der Waals surface area contributed by atoms with Crippen LogP contribution in [0.3, 0.4) is 0 Å². The van der Waals surface area contributed by atoms with E-state index in [-0.39, 0.29) is 11.4 Å². The molecular formula is C21H23N3O3. The minimum absolute atomic E-state index is 0.288. The van der Waals surface area contributed by atoms with Crippen LogP contribution in [0.4, 0.5) is 5.69 Å². The minimum atomic E-state index is -0.652. The van der Waals surface area contributed by atoms with Crippen LogP contribution in [0, 0.1) is 5.92 Å². The molecule has 0 bridgehead atoms. The number of methoxy groups -OCH3 is 1. The number of carbonyl (C=O) groups excluding carboxylic acids is 2. The van der Waals surface area contributed by atoms with Crippen molar-refractivity contribution in [2.75, 3.05) is 19.0 Å². The molecule has 6 nitrogen and oxygen atoms in total. The van der Waals surface area contributed by atoms with Gasteiger partial charge in [-0.15, -0.1) is 0 Å². The van der Waals surface area contributed by atoms with E-state index in [4.69, 9.17) is 4.74 Å². The maximum atomic E-state index is 13.0. The van der Waals surface area contributed by atoms with Crippen molar-refractivity contribution in [1.82, 2.24) is 9.88 Å². The topological polar surface area (TPSA) is 71.5 Å². The zero-order chi connectivity index (χ0) is 18.9. The van der Waals surface area contributed by atoms with Gasteiger partial charge in [-0.2, -0.15) is 0 Å². The summed E-state index contributed by atoms with van der Waals surface area (Å²) >= 11 is 0. The molecule has 0 radical (unpaired) electrons. The number of hydrogen-bond donors (Lipinski definition) is 1. The van der Waals surface area contributed by atoms with E-state index in [1.807, 2.05) is 18.2 Å². The second-order valence-corrected chi connectivity index (χ2v) is 7.16. The van der Waals surface area contributed by atoms with E-state index < -0.39 is 11.8 Å². The Bertz CT molecular complexity index is 855. The smallest absolute Gasteiger partial charge is 0.314 e. The number of benzene rings is 1. The second-order valence-electron chi connectivity index (χ2n) is 7.16. The standard InChI is InChI=1S/C21H23N3O3/c1-27-19-17(11-7-13-22-19)23-18(25)20(26)24-14-16-10-5-6-12-21(16,24)15-8-3-2-4-9-15/h2-4,7-9,11,13,16H,5-6,10,12,14H2,1H3,(H,23,25). The first-order chi connectivity index (χ1) is 13.2. The Kier molecular flexibility index (Phi) is 4.56. The van der Waals surface area contributed by atoms with E-state index >= 15 is 0 Å². The van der Waals surface area contributed by atoms with E-state index in [1.165, 1.54) is 13.5 Å². The number of nitrogens with zero attached hydrogens (tertiary/aromatic N) is 2. The Labute approximate surface area is 158 Å². The molecular weight excluding hydrogens is 342 g/mol. The number of rotatable bonds is 3. The molecule has 2 unspecified atom stereocenters. The Morgan fingerprint density at radius 2 is 2.00 bits per heavy atom. The van der Waals surface area contributed by atoms with Gasteiger partial charge in [-0.3, -0.25) is 9.59 Å². The van der Waals surface area contributed by atoms with Gasteiger partial charge in [0.1, 0.15) is 5.69 Å². The summed E-state index contributed by atoms with van der Waals surface area (Å²) in [5.74, 6) is -0.447. The summed E-state index contributed by atoms with van der Waals surface area (Å²) in [5.41, 5.74) is 1.17. The number of pyridine rings is 1. The maximum absolute atomic E-state index is 13.0. The minimum Gasteiger partial charge on any atom is -0.480 e. The number of amides is 2. The van der Waals surface area contributed by atoms with Crippen molar-refractivity contribution in [3.8, 4) is 5.88 Å². The van der Waals surface area contributed by atoms with Gasteiger partial charge in [0, 0.05) is 18.7 Å². The fourth-order valence-corrected chi connectivity index (χ4v) is 4.57. The summed E-state index contributed by atoms with van der Waals surface area (Å²) in [6.45, 7) is 0.630. The van der Waals surface area contributed by atoms with E-state index in [0.717, 1.165) is 24.8 Å². The maximum Gasteiger partial charge on any atom is 0.314 e. The average molecular weight is 365 g/mol. The number of likely N-dealkylation sites (tertiary alicyclic amines) is 1. The number of anilines is 1. The fraction of sp³-hybridized carbons (Fsp3) is 0.381. The van der Waals surface area contributed by atoms with E-state index in [1.54, 1.807) is 23.2 Å². The highest BCUT2D eigenvalue weighted by atomic mass is 16.5. The van der Waals surface area contributed by atoms with Crippen LogP contribution in [0.15, 0.2) is 48.7 Å². The van der Waals surface area contributed by atoms with Crippen molar-refractivity contribution < 1.29 is 14.3 Å². The third kappa shape index (κ3) is 2.85. The molecule has 1 aromatic carbocycles. The normalized spacial score (nSPS) is 23.7. The zero-order valence-electron chi connectivity index (χ0n) is 15.4. The molecule has 2 atom stereocenters. The molecule has 140 valence electrons. The summed E-state index contributed by atoms with van der Waals surface area (Å²) in [7, 11) is 1.48. The molecule has 2 amide bonds. The van der Waals surface area contributed by atoms with Crippen LogP contribution in [0.25, 0.3) is 0 Å². The van der Waals surface area contributed by atoms with Crippen LogP contribution in [0.2, 0.25) is 0 Å². The van der Waals surface area contributed by atoms with Crippen molar-refractivity contribution in [1.29, 1.82) is 0 Å². The molecule has 27 heavy (non-hydrogen) atoms. The first-order valence-corrected chi connectivity index (χ1v) is 9.34. The van der Waals surface area contributed by atoms with Gasteiger partial charge in [0.05, 0.1) is 12.6 Å². The van der Waals surface area contributed by atoms with E-state index in [0.29, 0.717) is 18.2 Å². The van der Waals surface area contributed by atoms with Crippen molar-refractivity contribution >= 4 is 17.5 Å². The number of carbonyl (C=O) groups is 2. The molecule has 1 aromatic heterocycles. The second kappa shape index (κ2) is 7.02. The number of hydrogen-bond acceptors (Lipinski definition) is 4. The van der Waals surface area contributed by atoms with Crippen LogP contribution in [0.5, 0.6) is 5.88 Å². The molecule has 1 aliphatic carbocycles. The Morgan fingerprint density at radius 1 is 1.19 bits per heavy atom. The first-order valence-electron chi connectivity index (χ1n) is 9.34. The van der Waals surface area contributed by atoms with Gasteiger partial charge in [-0.25, -0.2) is 4.98 Å². The Morgan fingerprint density at radius 3 is 2.74 bits per heavy atom. The van der Waals surface area contributed by atoms with Gasteiger partial charge in [0.25, 0.3) is 0 Å². The fourth-order valence-electron chi connectivity index (χ4n) is 4.57. The summed E-state index contributed by atoms with van der Waals surface area (Å²) in [4.78, 5) is 31.5. The summed E-state index contributed by atoms with van der Waals surface area (Å²) < 4.78 is 5.15. The molecule has 2 fully saturated rings. The SMILES string of the molecule is COc1ncccc1NC(=O)C(=O)N1CC2CCCCC21c1ccccc1. The zero-order valence-corrected chi connectivity index (χ0v) is 15.4. The van der Waals surface area contributed by atoms with Crippen LogP contribution in [-0.2, 0) is 15.1 Å². The highest BCUT2D eigenvalue weighted by molar-refractivity contribution is 6.40. The Hall–Kier alpha value is -2.89. The van der Waals surface area contributed by atoms with Gasteiger partial charge in [0.2, 0.25) is 5.88 Å². The largest absolute Gasteiger partial charge is 0.480 e. The van der Waals surface area contributed by atoms with Crippen LogP contribution in [0.1, 0.15) is 31.2 Å². The van der Waals surface area contributed by atoms with Crippen LogP contribution >= 0.6 is 0 Å². The molecule has 2 aromatic rings. The summed E-state index contributed by atoms with van der Waals surface area (Å²) in [6.07, 6.45) is 5.81. The molecule has 1 N–H and O–H groups in total. The monoisotopic (exact) mass is 365 g/mol. The average Bonchev–Trinajstić information content (AvgIpc) is 2.70.